The van der Waals surface area contributed by atoms with Crippen molar-refractivity contribution in [2.45, 2.75) is 19.5 Å². The Bertz CT molecular complexity index is 609. The first kappa shape index (κ1) is 16.6. The topological polar surface area (TPSA) is 63.6 Å². The van der Waals surface area contributed by atoms with Gasteiger partial charge in [-0.15, -0.1) is 0 Å². The molecule has 0 saturated carbocycles. The Labute approximate surface area is 118 Å². The second-order valence-corrected chi connectivity index (χ2v) is 3.85. The fraction of sp³-hybridized carbons (Fsp3) is 0.286. The van der Waals surface area contributed by atoms with E-state index in [1.54, 1.807) is 6.92 Å². The number of hydrogen-bond acceptors (Lipinski definition) is 3. The van der Waals surface area contributed by atoms with E-state index in [1.165, 1.54) is 0 Å². The van der Waals surface area contributed by atoms with Crippen LogP contribution in [-0.2, 0) is 15.7 Å². The van der Waals surface area contributed by atoms with Gasteiger partial charge in [-0.05, 0) is 25.1 Å². The van der Waals surface area contributed by atoms with Crippen LogP contribution in [0.5, 0.6) is 0 Å². The smallest absolute Gasteiger partial charge is 0.417 e. The summed E-state index contributed by atoms with van der Waals surface area (Å²) in [7, 11) is 0. The number of hydrogen-bond donors (Lipinski definition) is 1. The molecule has 112 valence electrons. The summed E-state index contributed by atoms with van der Waals surface area (Å²) < 4.78 is 43.1. The average Bonchev–Trinajstić information content (AvgIpc) is 2.37. The van der Waals surface area contributed by atoms with Gasteiger partial charge >= 0.3 is 18.1 Å². The van der Waals surface area contributed by atoms with Crippen LogP contribution in [0.3, 0.4) is 0 Å². The Kier molecular flexibility index (Phi) is 5.36. The number of carboxylic acid groups (broad SMARTS) is 1. The fourth-order valence-corrected chi connectivity index (χ4v) is 1.44. The Hall–Kier alpha value is -2.49. The molecule has 0 heterocycles. The molecule has 0 unspecified atom stereocenters. The maximum absolute atomic E-state index is 12.8. The standard InChI is InChI=1S/C14H11F3O4/c1-2-21-12(18)5-3-4-9-6-7-10(13(19)20)8-11(9)14(15,16)17/h6-8H,2,5H2,1H3,(H,19,20). The zero-order chi connectivity index (χ0) is 16.0. The molecule has 0 atom stereocenters. The molecule has 0 amide bonds. The van der Waals surface area contributed by atoms with E-state index in [1.807, 2.05) is 0 Å². The third-order valence-electron chi connectivity index (χ3n) is 2.33. The molecule has 0 saturated heterocycles. The molecule has 0 radical (unpaired) electrons. The average molecular weight is 300 g/mol. The van der Waals surface area contributed by atoms with E-state index >= 15 is 0 Å². The van der Waals surface area contributed by atoms with Gasteiger partial charge in [0.05, 0.1) is 17.7 Å². The third-order valence-corrected chi connectivity index (χ3v) is 2.33. The summed E-state index contributed by atoms with van der Waals surface area (Å²) in [4.78, 5) is 21.7. The molecular weight excluding hydrogens is 289 g/mol. The summed E-state index contributed by atoms with van der Waals surface area (Å²) in [6, 6.07) is 2.49. The minimum atomic E-state index is -4.74. The molecule has 21 heavy (non-hydrogen) atoms. The molecule has 1 rings (SSSR count). The SMILES string of the molecule is CCOC(=O)CC#Cc1ccc(C(=O)O)cc1C(F)(F)F. The van der Waals surface area contributed by atoms with Gasteiger partial charge in [-0.3, -0.25) is 4.79 Å². The second-order valence-electron chi connectivity index (χ2n) is 3.85. The summed E-state index contributed by atoms with van der Waals surface area (Å²) in [5.41, 5.74) is -2.03. The zero-order valence-electron chi connectivity index (χ0n) is 11.0. The number of carbonyl (C=O) groups is 2. The lowest BCUT2D eigenvalue weighted by molar-refractivity contribution is -0.141. The largest absolute Gasteiger partial charge is 0.478 e. The number of halogens is 3. The minimum absolute atomic E-state index is 0.154. The molecule has 1 aromatic carbocycles. The number of carboxylic acids is 1. The Morgan fingerprint density at radius 2 is 2.00 bits per heavy atom. The van der Waals surface area contributed by atoms with E-state index in [0.29, 0.717) is 6.07 Å². The second kappa shape index (κ2) is 6.79. The molecule has 0 aliphatic heterocycles. The number of esters is 1. The molecule has 0 aliphatic carbocycles. The highest BCUT2D eigenvalue weighted by Gasteiger charge is 2.33. The molecular formula is C14H11F3O4. The molecule has 1 aromatic rings. The van der Waals surface area contributed by atoms with Gasteiger partial charge in [-0.2, -0.15) is 13.2 Å². The van der Waals surface area contributed by atoms with Crippen LogP contribution in [-0.4, -0.2) is 23.7 Å². The number of ether oxygens (including phenoxy) is 1. The quantitative estimate of drug-likeness (QED) is 0.688. The van der Waals surface area contributed by atoms with Crippen molar-refractivity contribution in [2.75, 3.05) is 6.61 Å². The van der Waals surface area contributed by atoms with Crippen LogP contribution >= 0.6 is 0 Å². The molecule has 0 bridgehead atoms. The maximum atomic E-state index is 12.8. The lowest BCUT2D eigenvalue weighted by Gasteiger charge is -2.09. The van der Waals surface area contributed by atoms with Gasteiger partial charge in [-0.1, -0.05) is 11.8 Å². The molecule has 4 nitrogen and oxygen atoms in total. The molecule has 0 spiro atoms. The number of rotatable bonds is 3. The van der Waals surface area contributed by atoms with Gasteiger partial charge in [0.2, 0.25) is 0 Å². The summed E-state index contributed by atoms with van der Waals surface area (Å²) in [6.07, 6.45) is -5.08. The lowest BCUT2D eigenvalue weighted by Crippen LogP contribution is -2.10. The van der Waals surface area contributed by atoms with Crippen LogP contribution in [0.1, 0.15) is 34.8 Å². The van der Waals surface area contributed by atoms with Crippen LogP contribution in [0.15, 0.2) is 18.2 Å². The first-order chi connectivity index (χ1) is 9.75. The van der Waals surface area contributed by atoms with Crippen LogP contribution in [0, 0.1) is 11.8 Å². The summed E-state index contributed by atoms with van der Waals surface area (Å²) in [5.74, 6) is 2.38. The van der Waals surface area contributed by atoms with Crippen molar-refractivity contribution in [3.8, 4) is 11.8 Å². The van der Waals surface area contributed by atoms with E-state index in [0.717, 1.165) is 12.1 Å². The van der Waals surface area contributed by atoms with E-state index in [9.17, 15) is 22.8 Å². The lowest BCUT2D eigenvalue weighted by atomic mass is 10.0. The summed E-state index contributed by atoms with van der Waals surface area (Å²) in [6.45, 7) is 1.75. The fourth-order valence-electron chi connectivity index (χ4n) is 1.44. The zero-order valence-corrected chi connectivity index (χ0v) is 11.0. The Morgan fingerprint density at radius 1 is 1.33 bits per heavy atom. The Balaban J connectivity index is 3.10. The molecule has 0 fully saturated rings. The van der Waals surface area contributed by atoms with Crippen molar-refractivity contribution in [1.82, 2.24) is 0 Å². The molecule has 0 aliphatic rings. The van der Waals surface area contributed by atoms with Crippen LogP contribution in [0.25, 0.3) is 0 Å². The number of benzene rings is 1. The molecule has 7 heteroatoms. The van der Waals surface area contributed by atoms with Crippen molar-refractivity contribution in [3.63, 3.8) is 0 Å². The molecule has 0 aromatic heterocycles. The first-order valence-electron chi connectivity index (χ1n) is 5.84. The summed E-state index contributed by atoms with van der Waals surface area (Å²) in [5, 5.41) is 8.71. The number of aromatic carboxylic acids is 1. The van der Waals surface area contributed by atoms with Crippen molar-refractivity contribution >= 4 is 11.9 Å². The van der Waals surface area contributed by atoms with E-state index < -0.39 is 34.8 Å². The van der Waals surface area contributed by atoms with Gasteiger partial charge in [0.25, 0.3) is 0 Å². The highest BCUT2D eigenvalue weighted by atomic mass is 19.4. The van der Waals surface area contributed by atoms with Gasteiger partial charge in [0.15, 0.2) is 0 Å². The van der Waals surface area contributed by atoms with Crippen LogP contribution in [0.4, 0.5) is 13.2 Å². The van der Waals surface area contributed by atoms with Crippen LogP contribution < -0.4 is 0 Å². The first-order valence-corrected chi connectivity index (χ1v) is 5.84. The highest BCUT2D eigenvalue weighted by molar-refractivity contribution is 5.88. The molecule has 1 N–H and O–H groups in total. The van der Waals surface area contributed by atoms with Crippen LogP contribution in [0.2, 0.25) is 0 Å². The van der Waals surface area contributed by atoms with E-state index in [2.05, 4.69) is 16.6 Å². The normalized spacial score (nSPS) is 10.5. The van der Waals surface area contributed by atoms with Crippen molar-refractivity contribution in [1.29, 1.82) is 0 Å². The van der Waals surface area contributed by atoms with Gasteiger partial charge < -0.3 is 9.84 Å². The number of carbonyl (C=O) groups excluding carboxylic acids is 1. The summed E-state index contributed by atoms with van der Waals surface area (Å²) >= 11 is 0. The van der Waals surface area contributed by atoms with Crippen molar-refractivity contribution in [2.24, 2.45) is 0 Å². The van der Waals surface area contributed by atoms with E-state index in [4.69, 9.17) is 5.11 Å². The Morgan fingerprint density at radius 3 is 2.52 bits per heavy atom. The van der Waals surface area contributed by atoms with E-state index in [-0.39, 0.29) is 13.0 Å². The number of alkyl halides is 3. The van der Waals surface area contributed by atoms with Crippen molar-refractivity contribution < 1.29 is 32.6 Å². The third kappa shape index (κ3) is 4.84. The predicted molar refractivity (Wildman–Crippen MR) is 66.5 cm³/mol. The predicted octanol–water partition coefficient (Wildman–Crippen LogP) is 2.71. The monoisotopic (exact) mass is 300 g/mol. The van der Waals surface area contributed by atoms with Gasteiger partial charge in [-0.25, -0.2) is 4.79 Å². The van der Waals surface area contributed by atoms with Gasteiger partial charge in [0, 0.05) is 5.56 Å². The van der Waals surface area contributed by atoms with Crippen molar-refractivity contribution in [3.05, 3.63) is 34.9 Å². The maximum Gasteiger partial charge on any atom is 0.417 e. The van der Waals surface area contributed by atoms with Gasteiger partial charge in [0.1, 0.15) is 6.42 Å². The highest BCUT2D eigenvalue weighted by Crippen LogP contribution is 2.32. The minimum Gasteiger partial charge on any atom is -0.478 e.